The first kappa shape index (κ1) is 55.1. The number of esters is 3. The van der Waals surface area contributed by atoms with E-state index in [1.807, 2.05) is 60.8 Å². The van der Waals surface area contributed by atoms with Crippen molar-refractivity contribution < 1.29 is 28.6 Å². The van der Waals surface area contributed by atoms with Crippen LogP contribution < -0.4 is 0 Å². The molecule has 0 aliphatic carbocycles. The summed E-state index contributed by atoms with van der Waals surface area (Å²) in [7, 11) is 0. The molecule has 332 valence electrons. The van der Waals surface area contributed by atoms with E-state index in [-0.39, 0.29) is 31.1 Å². The zero-order valence-electron chi connectivity index (χ0n) is 37.7. The normalized spacial score (nSPS) is 13.1. The van der Waals surface area contributed by atoms with Crippen LogP contribution in [0.5, 0.6) is 0 Å². The van der Waals surface area contributed by atoms with Crippen molar-refractivity contribution in [3.05, 3.63) is 109 Å². The van der Waals surface area contributed by atoms with Gasteiger partial charge in [-0.3, -0.25) is 14.4 Å². The van der Waals surface area contributed by atoms with Crippen LogP contribution in [0.25, 0.3) is 0 Å². The second kappa shape index (κ2) is 46.8. The first-order chi connectivity index (χ1) is 29.0. The lowest BCUT2D eigenvalue weighted by Gasteiger charge is -2.18. The molecule has 0 spiro atoms. The van der Waals surface area contributed by atoms with Gasteiger partial charge in [0.2, 0.25) is 0 Å². The molecule has 0 aromatic heterocycles. The predicted octanol–water partition coefficient (Wildman–Crippen LogP) is 15.2. The van der Waals surface area contributed by atoms with Crippen molar-refractivity contribution in [1.29, 1.82) is 0 Å². The zero-order chi connectivity index (χ0) is 43.0. The molecule has 0 amide bonds. The first-order valence-corrected chi connectivity index (χ1v) is 23.5. The molecule has 1 unspecified atom stereocenters. The van der Waals surface area contributed by atoms with Crippen LogP contribution in [0.4, 0.5) is 0 Å². The molecule has 0 rings (SSSR count). The fraction of sp³-hybridized carbons (Fsp3) is 0.604. The molecular formula is C53H84O6. The van der Waals surface area contributed by atoms with Gasteiger partial charge in [0.25, 0.3) is 0 Å². The van der Waals surface area contributed by atoms with E-state index in [1.54, 1.807) is 0 Å². The van der Waals surface area contributed by atoms with Gasteiger partial charge < -0.3 is 14.2 Å². The van der Waals surface area contributed by atoms with Crippen molar-refractivity contribution in [2.45, 2.75) is 194 Å². The third kappa shape index (κ3) is 45.0. The zero-order valence-corrected chi connectivity index (χ0v) is 37.7. The molecule has 0 bridgehead atoms. The summed E-state index contributed by atoms with van der Waals surface area (Å²) in [6, 6.07) is 0. The number of hydrogen-bond donors (Lipinski definition) is 0. The fourth-order valence-electron chi connectivity index (χ4n) is 5.92. The van der Waals surface area contributed by atoms with Gasteiger partial charge in [0.15, 0.2) is 6.10 Å². The Morgan fingerprint density at radius 2 is 0.746 bits per heavy atom. The minimum Gasteiger partial charge on any atom is -0.462 e. The summed E-state index contributed by atoms with van der Waals surface area (Å²) in [5.74, 6) is -1.01. The summed E-state index contributed by atoms with van der Waals surface area (Å²) >= 11 is 0. The van der Waals surface area contributed by atoms with Crippen molar-refractivity contribution in [2.75, 3.05) is 13.2 Å². The van der Waals surface area contributed by atoms with E-state index < -0.39 is 6.10 Å². The van der Waals surface area contributed by atoms with Gasteiger partial charge in [0.05, 0.1) is 0 Å². The highest BCUT2D eigenvalue weighted by molar-refractivity contribution is 5.71. The van der Waals surface area contributed by atoms with E-state index >= 15 is 0 Å². The number of allylic oxidation sites excluding steroid dienone is 18. The molecule has 6 nitrogen and oxygen atoms in total. The largest absolute Gasteiger partial charge is 0.462 e. The molecule has 1 atom stereocenters. The highest BCUT2D eigenvalue weighted by Crippen LogP contribution is 2.13. The Morgan fingerprint density at radius 3 is 1.29 bits per heavy atom. The molecule has 0 radical (unpaired) electrons. The van der Waals surface area contributed by atoms with E-state index in [4.69, 9.17) is 14.2 Å². The van der Waals surface area contributed by atoms with Crippen LogP contribution in [-0.2, 0) is 28.6 Å². The highest BCUT2D eigenvalue weighted by atomic mass is 16.6. The molecule has 0 aromatic rings. The Morgan fingerprint density at radius 1 is 0.373 bits per heavy atom. The maximum Gasteiger partial charge on any atom is 0.306 e. The van der Waals surface area contributed by atoms with Gasteiger partial charge in [0.1, 0.15) is 13.2 Å². The molecule has 0 aromatic carbocycles. The van der Waals surface area contributed by atoms with Gasteiger partial charge >= 0.3 is 17.9 Å². The topological polar surface area (TPSA) is 78.9 Å². The van der Waals surface area contributed by atoms with Gasteiger partial charge in [0, 0.05) is 19.3 Å². The third-order valence-corrected chi connectivity index (χ3v) is 9.40. The maximum absolute atomic E-state index is 12.7. The Balaban J connectivity index is 4.50. The Bertz CT molecular complexity index is 1260. The van der Waals surface area contributed by atoms with E-state index in [2.05, 4.69) is 69.4 Å². The summed E-state index contributed by atoms with van der Waals surface area (Å²) in [6.45, 7) is 6.25. The average Bonchev–Trinajstić information content (AvgIpc) is 3.23. The summed E-state index contributed by atoms with van der Waals surface area (Å²) in [6.07, 6.45) is 62.2. The molecule has 0 N–H and O–H groups in total. The summed E-state index contributed by atoms with van der Waals surface area (Å²) in [5.41, 5.74) is 0. The third-order valence-electron chi connectivity index (χ3n) is 9.40. The van der Waals surface area contributed by atoms with Crippen LogP contribution in [0.15, 0.2) is 109 Å². The minimum atomic E-state index is -0.811. The number of hydrogen-bond acceptors (Lipinski definition) is 6. The molecule has 0 aliphatic rings. The smallest absolute Gasteiger partial charge is 0.306 e. The first-order valence-electron chi connectivity index (χ1n) is 23.5. The summed E-state index contributed by atoms with van der Waals surface area (Å²) in [4.78, 5) is 37.7. The van der Waals surface area contributed by atoms with Crippen LogP contribution in [0.3, 0.4) is 0 Å². The molecule has 0 aliphatic heterocycles. The van der Waals surface area contributed by atoms with Crippen LogP contribution in [0.2, 0.25) is 0 Å². The lowest BCUT2D eigenvalue weighted by atomic mass is 10.1. The molecule has 0 fully saturated rings. The Kier molecular flexibility index (Phi) is 43.6. The standard InChI is InChI=1S/C53H84O6/c1-4-7-10-13-16-19-21-23-25-26-28-29-31-34-37-40-43-46-52(55)58-49-50(48-57-51(54)45-42-39-36-33-18-15-12-9-6-3)59-53(56)47-44-41-38-35-32-30-27-24-22-20-17-14-11-8-5-2/h7,9-10,12-13,16,18-23,25-26,28-29,31,33,50H,4-6,8,11,14-15,17,24,27,30,32,34-49H2,1-3H3/b10-7-,12-9-,16-13-,21-19-,22-20-,25-23-,28-26+,31-29-,33-18-. The van der Waals surface area contributed by atoms with Gasteiger partial charge in [-0.2, -0.15) is 0 Å². The Labute approximate surface area is 361 Å². The van der Waals surface area contributed by atoms with Crippen molar-refractivity contribution in [2.24, 2.45) is 0 Å². The molecule has 59 heavy (non-hydrogen) atoms. The van der Waals surface area contributed by atoms with Crippen molar-refractivity contribution in [3.63, 3.8) is 0 Å². The number of carbonyl (C=O) groups is 3. The van der Waals surface area contributed by atoms with Crippen LogP contribution in [-0.4, -0.2) is 37.2 Å². The summed E-state index contributed by atoms with van der Waals surface area (Å²) < 4.78 is 16.6. The van der Waals surface area contributed by atoms with Gasteiger partial charge in [-0.1, -0.05) is 188 Å². The second-order valence-electron chi connectivity index (χ2n) is 15.0. The average molecular weight is 817 g/mol. The van der Waals surface area contributed by atoms with Crippen LogP contribution in [0.1, 0.15) is 188 Å². The van der Waals surface area contributed by atoms with E-state index in [1.165, 1.54) is 64.2 Å². The quantitative estimate of drug-likeness (QED) is 0.0201. The molecule has 6 heteroatoms. The van der Waals surface area contributed by atoms with Gasteiger partial charge in [-0.05, 0) is 89.9 Å². The maximum atomic E-state index is 12.7. The SMILES string of the molecule is CC\C=C/C=C\C=C/C=C\C=C\C=C/CCCCCC(=O)OCC(COC(=O)CCCC/C=C\C/C=C\CC)OC(=O)CCCCCCCCC/C=C\CCCCCC. The molecule has 0 saturated heterocycles. The second-order valence-corrected chi connectivity index (χ2v) is 15.0. The monoisotopic (exact) mass is 817 g/mol. The van der Waals surface area contributed by atoms with Crippen LogP contribution in [0, 0.1) is 0 Å². The number of ether oxygens (including phenoxy) is 3. The fourth-order valence-corrected chi connectivity index (χ4v) is 5.92. The number of carbonyl (C=O) groups excluding carboxylic acids is 3. The van der Waals surface area contributed by atoms with E-state index in [0.717, 1.165) is 83.5 Å². The lowest BCUT2D eigenvalue weighted by molar-refractivity contribution is -0.167. The molecular weight excluding hydrogens is 733 g/mol. The molecule has 0 saturated carbocycles. The highest BCUT2D eigenvalue weighted by Gasteiger charge is 2.19. The van der Waals surface area contributed by atoms with Crippen molar-refractivity contribution in [1.82, 2.24) is 0 Å². The van der Waals surface area contributed by atoms with Gasteiger partial charge in [-0.15, -0.1) is 0 Å². The number of rotatable bonds is 40. The van der Waals surface area contributed by atoms with E-state index in [9.17, 15) is 14.4 Å². The van der Waals surface area contributed by atoms with Gasteiger partial charge in [-0.25, -0.2) is 0 Å². The molecule has 0 heterocycles. The van der Waals surface area contributed by atoms with Crippen LogP contribution >= 0.6 is 0 Å². The predicted molar refractivity (Wildman–Crippen MR) is 251 cm³/mol. The Hall–Kier alpha value is -3.93. The summed E-state index contributed by atoms with van der Waals surface area (Å²) in [5, 5.41) is 0. The van der Waals surface area contributed by atoms with E-state index in [0.29, 0.717) is 19.3 Å². The lowest BCUT2D eigenvalue weighted by Crippen LogP contribution is -2.30. The van der Waals surface area contributed by atoms with Crippen molar-refractivity contribution >= 4 is 17.9 Å². The number of unbranched alkanes of at least 4 members (excludes halogenated alkanes) is 16. The van der Waals surface area contributed by atoms with Crippen molar-refractivity contribution in [3.8, 4) is 0 Å². The minimum absolute atomic E-state index is 0.114.